The summed E-state index contributed by atoms with van der Waals surface area (Å²) in [5.41, 5.74) is 1.48. The van der Waals surface area contributed by atoms with E-state index in [4.69, 9.17) is 0 Å². The second-order valence-electron chi connectivity index (χ2n) is 4.60. The van der Waals surface area contributed by atoms with Crippen LogP contribution in [-0.2, 0) is 0 Å². The Morgan fingerprint density at radius 3 is 2.86 bits per heavy atom. The van der Waals surface area contributed by atoms with Crippen LogP contribution in [0.4, 0.5) is 5.69 Å². The first-order valence-electron chi connectivity index (χ1n) is 6.23. The summed E-state index contributed by atoms with van der Waals surface area (Å²) >= 11 is 4.65. The zero-order chi connectivity index (χ0) is 15.9. The Kier molecular flexibility index (Phi) is 3.71. The summed E-state index contributed by atoms with van der Waals surface area (Å²) in [6.07, 6.45) is 1.63. The predicted molar refractivity (Wildman–Crippen MR) is 86.9 cm³/mol. The Bertz CT molecular complexity index is 900. The van der Waals surface area contributed by atoms with Crippen LogP contribution in [0.3, 0.4) is 0 Å². The largest absolute Gasteiger partial charge is 0.478 e. The number of anilines is 1. The van der Waals surface area contributed by atoms with Crippen LogP contribution in [0.2, 0.25) is 0 Å². The van der Waals surface area contributed by atoms with Crippen molar-refractivity contribution in [2.45, 2.75) is 6.92 Å². The van der Waals surface area contributed by atoms with E-state index in [-0.39, 0.29) is 16.9 Å². The fraction of sp³-hybridized carbons (Fsp3) is 0.0714. The number of benzene rings is 1. The second kappa shape index (κ2) is 5.54. The van der Waals surface area contributed by atoms with E-state index in [0.29, 0.717) is 4.47 Å². The zero-order valence-electron chi connectivity index (χ0n) is 11.3. The molecule has 0 atom stereocenters. The van der Waals surface area contributed by atoms with Crippen LogP contribution in [0.5, 0.6) is 0 Å². The van der Waals surface area contributed by atoms with Crippen molar-refractivity contribution >= 4 is 49.8 Å². The number of carboxylic acids is 1. The molecule has 0 saturated heterocycles. The SMILES string of the molecule is Cc1csc2nc(C(=O)Nc3ccc(Br)cc3C(=O)O)cn12. The average Bonchev–Trinajstić information content (AvgIpc) is 3.03. The molecule has 0 bridgehead atoms. The first-order chi connectivity index (χ1) is 10.5. The number of nitrogens with one attached hydrogen (secondary N) is 1. The molecule has 0 aliphatic heterocycles. The van der Waals surface area contributed by atoms with Crippen LogP contribution in [-0.4, -0.2) is 26.4 Å². The van der Waals surface area contributed by atoms with Crippen molar-refractivity contribution in [2.75, 3.05) is 5.32 Å². The monoisotopic (exact) mass is 379 g/mol. The van der Waals surface area contributed by atoms with Gasteiger partial charge in [-0.25, -0.2) is 9.78 Å². The molecule has 0 spiro atoms. The van der Waals surface area contributed by atoms with E-state index in [1.807, 2.05) is 16.7 Å². The van der Waals surface area contributed by atoms with E-state index in [2.05, 4.69) is 26.2 Å². The van der Waals surface area contributed by atoms with Gasteiger partial charge in [0.1, 0.15) is 5.69 Å². The lowest BCUT2D eigenvalue weighted by Crippen LogP contribution is -2.15. The topological polar surface area (TPSA) is 83.7 Å². The fourth-order valence-corrected chi connectivity index (χ4v) is 3.20. The number of nitrogens with zero attached hydrogens (tertiary/aromatic N) is 2. The van der Waals surface area contributed by atoms with E-state index in [9.17, 15) is 14.7 Å². The lowest BCUT2D eigenvalue weighted by molar-refractivity contribution is 0.0698. The maximum absolute atomic E-state index is 12.3. The fourth-order valence-electron chi connectivity index (χ4n) is 1.99. The van der Waals surface area contributed by atoms with Gasteiger partial charge in [0.15, 0.2) is 4.96 Å². The quantitative estimate of drug-likeness (QED) is 0.730. The van der Waals surface area contributed by atoms with Gasteiger partial charge in [0.2, 0.25) is 0 Å². The minimum atomic E-state index is -1.11. The molecule has 3 rings (SSSR count). The molecule has 22 heavy (non-hydrogen) atoms. The average molecular weight is 380 g/mol. The third-order valence-corrected chi connectivity index (χ3v) is 4.53. The number of fused-ring (bicyclic) bond motifs is 1. The standard InChI is InChI=1S/C14H10BrN3O3S/c1-7-6-22-14-17-11(5-18(7)14)12(19)16-10-3-2-8(15)4-9(10)13(20)21/h2-6H,1H3,(H,16,19)(H,20,21). The molecular formula is C14H10BrN3O3S. The van der Waals surface area contributed by atoms with Gasteiger partial charge in [0, 0.05) is 21.7 Å². The summed E-state index contributed by atoms with van der Waals surface area (Å²) in [4.78, 5) is 28.5. The minimum absolute atomic E-state index is 0.0138. The Labute approximate surface area is 137 Å². The number of aromatic carboxylic acids is 1. The number of rotatable bonds is 3. The molecule has 0 saturated carbocycles. The normalized spacial score (nSPS) is 10.8. The molecule has 112 valence electrons. The lowest BCUT2D eigenvalue weighted by atomic mass is 10.2. The van der Waals surface area contributed by atoms with Crippen molar-refractivity contribution in [1.82, 2.24) is 9.38 Å². The van der Waals surface area contributed by atoms with E-state index in [1.54, 1.807) is 12.3 Å². The van der Waals surface area contributed by atoms with E-state index >= 15 is 0 Å². The second-order valence-corrected chi connectivity index (χ2v) is 6.36. The number of imidazole rings is 1. The van der Waals surface area contributed by atoms with Gasteiger partial charge >= 0.3 is 5.97 Å². The number of halogens is 1. The molecule has 8 heteroatoms. The Morgan fingerprint density at radius 2 is 2.18 bits per heavy atom. The molecule has 2 heterocycles. The minimum Gasteiger partial charge on any atom is -0.478 e. The van der Waals surface area contributed by atoms with Gasteiger partial charge in [-0.2, -0.15) is 0 Å². The summed E-state index contributed by atoms with van der Waals surface area (Å²) in [6.45, 7) is 1.92. The Balaban J connectivity index is 1.92. The van der Waals surface area contributed by atoms with Gasteiger partial charge in [-0.05, 0) is 25.1 Å². The number of aromatic nitrogens is 2. The van der Waals surface area contributed by atoms with Gasteiger partial charge in [-0.1, -0.05) is 15.9 Å². The lowest BCUT2D eigenvalue weighted by Gasteiger charge is -2.07. The maximum atomic E-state index is 12.3. The molecule has 1 aromatic carbocycles. The van der Waals surface area contributed by atoms with Crippen LogP contribution in [0.25, 0.3) is 4.96 Å². The number of carbonyl (C=O) groups excluding carboxylic acids is 1. The highest BCUT2D eigenvalue weighted by Gasteiger charge is 2.17. The van der Waals surface area contributed by atoms with E-state index in [0.717, 1.165) is 10.7 Å². The van der Waals surface area contributed by atoms with Crippen molar-refractivity contribution in [3.05, 3.63) is 51.2 Å². The molecular weight excluding hydrogens is 370 g/mol. The summed E-state index contributed by atoms with van der Waals surface area (Å²) < 4.78 is 2.44. The number of thiazole rings is 1. The first kappa shape index (κ1) is 14.7. The van der Waals surface area contributed by atoms with Crippen molar-refractivity contribution in [3.8, 4) is 0 Å². The first-order valence-corrected chi connectivity index (χ1v) is 7.90. The third kappa shape index (κ3) is 2.62. The van der Waals surface area contributed by atoms with Crippen molar-refractivity contribution in [2.24, 2.45) is 0 Å². The summed E-state index contributed by atoms with van der Waals surface area (Å²) in [7, 11) is 0. The molecule has 0 fully saturated rings. The van der Waals surface area contributed by atoms with Gasteiger partial charge in [-0.3, -0.25) is 9.20 Å². The molecule has 0 aliphatic rings. The van der Waals surface area contributed by atoms with E-state index in [1.165, 1.54) is 23.5 Å². The number of carboxylic acid groups (broad SMARTS) is 1. The molecule has 2 N–H and O–H groups in total. The van der Waals surface area contributed by atoms with Crippen LogP contribution in [0.15, 0.2) is 34.2 Å². The van der Waals surface area contributed by atoms with Crippen LogP contribution < -0.4 is 5.32 Å². The van der Waals surface area contributed by atoms with Crippen molar-refractivity contribution < 1.29 is 14.7 Å². The van der Waals surface area contributed by atoms with Gasteiger partial charge < -0.3 is 10.4 Å². The van der Waals surface area contributed by atoms with Crippen LogP contribution in [0, 0.1) is 6.92 Å². The number of aryl methyl sites for hydroxylation is 1. The van der Waals surface area contributed by atoms with Crippen molar-refractivity contribution in [1.29, 1.82) is 0 Å². The molecule has 0 aliphatic carbocycles. The summed E-state index contributed by atoms with van der Waals surface area (Å²) in [5.74, 6) is -1.56. The van der Waals surface area contributed by atoms with Crippen LogP contribution >= 0.6 is 27.3 Å². The highest BCUT2D eigenvalue weighted by Crippen LogP contribution is 2.22. The molecule has 0 radical (unpaired) electrons. The van der Waals surface area contributed by atoms with Gasteiger partial charge in [0.25, 0.3) is 5.91 Å². The van der Waals surface area contributed by atoms with E-state index < -0.39 is 11.9 Å². The van der Waals surface area contributed by atoms with Crippen molar-refractivity contribution in [3.63, 3.8) is 0 Å². The van der Waals surface area contributed by atoms with Gasteiger partial charge in [-0.15, -0.1) is 11.3 Å². The highest BCUT2D eigenvalue weighted by molar-refractivity contribution is 9.10. The number of carbonyl (C=O) groups is 2. The zero-order valence-corrected chi connectivity index (χ0v) is 13.7. The molecule has 2 aromatic heterocycles. The Morgan fingerprint density at radius 1 is 1.41 bits per heavy atom. The molecule has 0 unspecified atom stereocenters. The Hall–Kier alpha value is -2.19. The number of hydrogen-bond donors (Lipinski definition) is 2. The predicted octanol–water partition coefficient (Wildman–Crippen LogP) is 3.42. The smallest absolute Gasteiger partial charge is 0.337 e. The summed E-state index contributed by atoms with van der Waals surface area (Å²) in [6, 6.07) is 4.64. The summed E-state index contributed by atoms with van der Waals surface area (Å²) in [5, 5.41) is 13.7. The van der Waals surface area contributed by atoms with Gasteiger partial charge in [0.05, 0.1) is 11.3 Å². The highest BCUT2D eigenvalue weighted by atomic mass is 79.9. The van der Waals surface area contributed by atoms with Crippen LogP contribution in [0.1, 0.15) is 26.5 Å². The maximum Gasteiger partial charge on any atom is 0.337 e. The molecule has 1 amide bonds. The third-order valence-electron chi connectivity index (χ3n) is 3.08. The number of amides is 1. The number of hydrogen-bond acceptors (Lipinski definition) is 4. The molecule has 3 aromatic rings. The molecule has 6 nitrogen and oxygen atoms in total.